The molecule has 0 saturated carbocycles. The summed E-state index contributed by atoms with van der Waals surface area (Å²) in [6, 6.07) is 16.1. The minimum absolute atomic E-state index is 0.215. The fourth-order valence-electron chi connectivity index (χ4n) is 1.81. The lowest BCUT2D eigenvalue weighted by atomic mass is 10.1. The van der Waals surface area contributed by atoms with Gasteiger partial charge in [-0.15, -0.1) is 0 Å². The van der Waals surface area contributed by atoms with E-state index in [1.54, 1.807) is 18.2 Å². The first kappa shape index (κ1) is 14.7. The Hall–Kier alpha value is -1.72. The molecule has 2 aromatic carbocycles. The molecule has 5 heteroatoms. The maximum atomic E-state index is 12.2. The number of hydrogen-bond donors (Lipinski definition) is 2. The summed E-state index contributed by atoms with van der Waals surface area (Å²) in [5, 5.41) is 2.85. The number of halogens is 1. The number of thiocarbonyl (C=S) groups is 1. The lowest BCUT2D eigenvalue weighted by molar-refractivity contribution is 0.0947. The van der Waals surface area contributed by atoms with Gasteiger partial charge in [-0.05, 0) is 23.8 Å². The molecule has 3 N–H and O–H groups in total. The first-order chi connectivity index (χ1) is 9.58. The van der Waals surface area contributed by atoms with Gasteiger partial charge in [-0.25, -0.2) is 0 Å². The highest BCUT2D eigenvalue weighted by molar-refractivity contribution is 9.10. The number of hydrogen-bond acceptors (Lipinski definition) is 2. The normalized spacial score (nSPS) is 11.7. The summed E-state index contributed by atoms with van der Waals surface area (Å²) < 4.78 is 0.844. The van der Waals surface area contributed by atoms with Crippen LogP contribution in [-0.4, -0.2) is 10.9 Å². The lowest BCUT2D eigenvalue weighted by Crippen LogP contribution is -2.36. The zero-order chi connectivity index (χ0) is 14.5. The van der Waals surface area contributed by atoms with E-state index in [2.05, 4.69) is 21.2 Å². The van der Waals surface area contributed by atoms with Crippen molar-refractivity contribution in [2.24, 2.45) is 5.73 Å². The molecule has 0 spiro atoms. The van der Waals surface area contributed by atoms with E-state index in [4.69, 9.17) is 18.0 Å². The summed E-state index contributed by atoms with van der Waals surface area (Å²) in [6.45, 7) is 0. The predicted molar refractivity (Wildman–Crippen MR) is 87.6 cm³/mol. The Morgan fingerprint density at radius 3 is 2.45 bits per heavy atom. The van der Waals surface area contributed by atoms with Crippen LogP contribution >= 0.6 is 28.1 Å². The Morgan fingerprint density at radius 1 is 1.15 bits per heavy atom. The third-order valence-electron chi connectivity index (χ3n) is 2.78. The summed E-state index contributed by atoms with van der Waals surface area (Å²) in [5.41, 5.74) is 7.15. The molecule has 1 atom stereocenters. The average molecular weight is 349 g/mol. The zero-order valence-corrected chi connectivity index (χ0v) is 12.9. The van der Waals surface area contributed by atoms with Crippen LogP contribution in [0.3, 0.4) is 0 Å². The molecule has 0 radical (unpaired) electrons. The van der Waals surface area contributed by atoms with Crippen LogP contribution < -0.4 is 11.1 Å². The van der Waals surface area contributed by atoms with E-state index in [-0.39, 0.29) is 10.9 Å². The van der Waals surface area contributed by atoms with E-state index in [1.807, 2.05) is 36.4 Å². The maximum absolute atomic E-state index is 12.2. The van der Waals surface area contributed by atoms with Crippen molar-refractivity contribution in [2.75, 3.05) is 0 Å². The van der Waals surface area contributed by atoms with Gasteiger partial charge >= 0.3 is 0 Å². The number of benzene rings is 2. The SMILES string of the molecule is NC(=S)C(NC(=O)c1cccc(Br)c1)c1ccccc1. The molecule has 0 aliphatic carbocycles. The van der Waals surface area contributed by atoms with Gasteiger partial charge in [-0.1, -0.05) is 64.5 Å². The first-order valence-corrected chi connectivity index (χ1v) is 7.19. The number of rotatable bonds is 4. The molecule has 0 aliphatic rings. The van der Waals surface area contributed by atoms with E-state index < -0.39 is 6.04 Å². The number of amides is 1. The Morgan fingerprint density at radius 2 is 1.85 bits per heavy atom. The van der Waals surface area contributed by atoms with Crippen LogP contribution in [0.2, 0.25) is 0 Å². The summed E-state index contributed by atoms with van der Waals surface area (Å²) in [6.07, 6.45) is 0. The fraction of sp³-hybridized carbons (Fsp3) is 0.0667. The molecular formula is C15H13BrN2OS. The zero-order valence-electron chi connectivity index (χ0n) is 10.5. The second-order valence-electron chi connectivity index (χ2n) is 4.23. The summed E-state index contributed by atoms with van der Waals surface area (Å²) in [5.74, 6) is -0.215. The molecule has 3 nitrogen and oxygen atoms in total. The topological polar surface area (TPSA) is 55.1 Å². The maximum Gasteiger partial charge on any atom is 0.252 e. The second-order valence-corrected chi connectivity index (χ2v) is 5.62. The van der Waals surface area contributed by atoms with Crippen LogP contribution in [0, 0.1) is 0 Å². The average Bonchev–Trinajstić information content (AvgIpc) is 2.45. The molecule has 2 aromatic rings. The molecule has 0 heterocycles. The standard InChI is InChI=1S/C15H13BrN2OS/c16-12-8-4-7-11(9-12)15(19)18-13(14(17)20)10-5-2-1-3-6-10/h1-9,13H,(H2,17,20)(H,18,19). The van der Waals surface area contributed by atoms with Gasteiger partial charge in [0.15, 0.2) is 0 Å². The molecule has 2 rings (SSSR count). The van der Waals surface area contributed by atoms with Gasteiger partial charge in [0.2, 0.25) is 0 Å². The monoisotopic (exact) mass is 348 g/mol. The van der Waals surface area contributed by atoms with Crippen molar-refractivity contribution in [3.05, 3.63) is 70.2 Å². The van der Waals surface area contributed by atoms with E-state index in [9.17, 15) is 4.79 Å². The van der Waals surface area contributed by atoms with Crippen LogP contribution in [0.5, 0.6) is 0 Å². The van der Waals surface area contributed by atoms with Gasteiger partial charge in [-0.2, -0.15) is 0 Å². The summed E-state index contributed by atoms with van der Waals surface area (Å²) in [7, 11) is 0. The van der Waals surface area contributed by atoms with Crippen molar-refractivity contribution in [2.45, 2.75) is 6.04 Å². The van der Waals surface area contributed by atoms with E-state index in [0.29, 0.717) is 5.56 Å². The highest BCUT2D eigenvalue weighted by Crippen LogP contribution is 2.16. The molecule has 20 heavy (non-hydrogen) atoms. The van der Waals surface area contributed by atoms with Crippen molar-refractivity contribution >= 4 is 39.0 Å². The van der Waals surface area contributed by atoms with Crippen molar-refractivity contribution < 1.29 is 4.79 Å². The predicted octanol–water partition coefficient (Wildman–Crippen LogP) is 3.21. The summed E-state index contributed by atoms with van der Waals surface area (Å²) in [4.78, 5) is 12.5. The molecule has 0 aromatic heterocycles. The Kier molecular flexibility index (Phi) is 4.87. The minimum Gasteiger partial charge on any atom is -0.391 e. The second kappa shape index (κ2) is 6.63. The Balaban J connectivity index is 2.21. The molecule has 0 bridgehead atoms. The van der Waals surface area contributed by atoms with E-state index in [1.165, 1.54) is 0 Å². The number of carbonyl (C=O) groups excluding carboxylic acids is 1. The molecule has 1 unspecified atom stereocenters. The van der Waals surface area contributed by atoms with Crippen LogP contribution in [0.4, 0.5) is 0 Å². The summed E-state index contributed by atoms with van der Waals surface area (Å²) >= 11 is 8.39. The van der Waals surface area contributed by atoms with Crippen LogP contribution in [0.1, 0.15) is 22.0 Å². The van der Waals surface area contributed by atoms with Crippen molar-refractivity contribution in [3.63, 3.8) is 0 Å². The van der Waals surface area contributed by atoms with Crippen molar-refractivity contribution in [3.8, 4) is 0 Å². The van der Waals surface area contributed by atoms with Gasteiger partial charge < -0.3 is 11.1 Å². The smallest absolute Gasteiger partial charge is 0.252 e. The number of carbonyl (C=O) groups is 1. The molecule has 102 valence electrons. The van der Waals surface area contributed by atoms with Crippen LogP contribution in [0.15, 0.2) is 59.1 Å². The number of nitrogens with two attached hydrogens (primary N) is 1. The first-order valence-electron chi connectivity index (χ1n) is 5.98. The minimum atomic E-state index is -0.474. The third kappa shape index (κ3) is 3.65. The van der Waals surface area contributed by atoms with Crippen molar-refractivity contribution in [1.29, 1.82) is 0 Å². The van der Waals surface area contributed by atoms with Crippen molar-refractivity contribution in [1.82, 2.24) is 5.32 Å². The van der Waals surface area contributed by atoms with Gasteiger partial charge in [0.05, 0.1) is 0 Å². The van der Waals surface area contributed by atoms with Gasteiger partial charge in [-0.3, -0.25) is 4.79 Å². The molecule has 0 fully saturated rings. The molecule has 1 amide bonds. The highest BCUT2D eigenvalue weighted by Gasteiger charge is 2.18. The molecular weight excluding hydrogens is 336 g/mol. The third-order valence-corrected chi connectivity index (χ3v) is 3.51. The Bertz CT molecular complexity index is 631. The van der Waals surface area contributed by atoms with E-state index >= 15 is 0 Å². The van der Waals surface area contributed by atoms with Gasteiger partial charge in [0.25, 0.3) is 5.91 Å². The largest absolute Gasteiger partial charge is 0.391 e. The fourth-order valence-corrected chi connectivity index (χ4v) is 2.40. The molecule has 0 aliphatic heterocycles. The lowest BCUT2D eigenvalue weighted by Gasteiger charge is -2.18. The van der Waals surface area contributed by atoms with Crippen LogP contribution in [0.25, 0.3) is 0 Å². The van der Waals surface area contributed by atoms with E-state index in [0.717, 1.165) is 10.0 Å². The van der Waals surface area contributed by atoms with Gasteiger partial charge in [0.1, 0.15) is 11.0 Å². The number of nitrogens with one attached hydrogen (secondary N) is 1. The molecule has 0 saturated heterocycles. The Labute approximate surface area is 131 Å². The highest BCUT2D eigenvalue weighted by atomic mass is 79.9. The van der Waals surface area contributed by atoms with Gasteiger partial charge in [0, 0.05) is 10.0 Å². The quantitative estimate of drug-likeness (QED) is 0.834. The van der Waals surface area contributed by atoms with Crippen LogP contribution in [-0.2, 0) is 0 Å².